The Balaban J connectivity index is 1.98. The standard InChI is InChI=1S/C12H15BrN4S/c1-7-11(14)16-8(2)17-12(7)15-6-5-9-3-4-10(13)18-9/h3-4H,5-6H2,1-2H3,(H3,14,15,16,17). The summed E-state index contributed by atoms with van der Waals surface area (Å²) >= 11 is 5.21. The number of rotatable bonds is 4. The lowest BCUT2D eigenvalue weighted by molar-refractivity contribution is 0.985. The Bertz CT molecular complexity index is 553. The summed E-state index contributed by atoms with van der Waals surface area (Å²) in [4.78, 5) is 9.83. The summed E-state index contributed by atoms with van der Waals surface area (Å²) in [5.41, 5.74) is 6.72. The predicted molar refractivity (Wildman–Crippen MR) is 80.1 cm³/mol. The molecular formula is C12H15BrN4S. The Morgan fingerprint density at radius 2 is 2.11 bits per heavy atom. The highest BCUT2D eigenvalue weighted by Crippen LogP contribution is 2.22. The number of nitrogens with zero attached hydrogens (tertiary/aromatic N) is 2. The Hall–Kier alpha value is -1.14. The van der Waals surface area contributed by atoms with Gasteiger partial charge in [-0.1, -0.05) is 0 Å². The molecule has 4 nitrogen and oxygen atoms in total. The summed E-state index contributed by atoms with van der Waals surface area (Å²) in [5.74, 6) is 2.07. The minimum absolute atomic E-state index is 0.545. The molecule has 2 aromatic heterocycles. The van der Waals surface area contributed by atoms with Gasteiger partial charge in [0.1, 0.15) is 17.5 Å². The van der Waals surface area contributed by atoms with Gasteiger partial charge in [-0.25, -0.2) is 9.97 Å². The molecule has 2 aromatic rings. The van der Waals surface area contributed by atoms with Crippen LogP contribution in [-0.2, 0) is 6.42 Å². The van der Waals surface area contributed by atoms with Gasteiger partial charge in [0.15, 0.2) is 0 Å². The molecule has 2 heterocycles. The maximum Gasteiger partial charge on any atom is 0.134 e. The molecule has 0 amide bonds. The number of aromatic nitrogens is 2. The van der Waals surface area contributed by atoms with Gasteiger partial charge in [-0.15, -0.1) is 11.3 Å². The number of halogens is 1. The molecule has 0 bridgehead atoms. The van der Waals surface area contributed by atoms with Gasteiger partial charge in [0, 0.05) is 17.0 Å². The number of anilines is 2. The van der Waals surface area contributed by atoms with E-state index in [1.807, 2.05) is 13.8 Å². The second kappa shape index (κ2) is 5.67. The van der Waals surface area contributed by atoms with Crippen LogP contribution in [0, 0.1) is 13.8 Å². The van der Waals surface area contributed by atoms with Gasteiger partial charge >= 0.3 is 0 Å². The van der Waals surface area contributed by atoms with E-state index in [1.165, 1.54) is 4.88 Å². The molecule has 96 valence electrons. The normalized spacial score (nSPS) is 10.6. The van der Waals surface area contributed by atoms with Crippen molar-refractivity contribution in [2.45, 2.75) is 20.3 Å². The monoisotopic (exact) mass is 326 g/mol. The number of thiophene rings is 1. The Labute approximate surface area is 119 Å². The van der Waals surface area contributed by atoms with E-state index in [0.29, 0.717) is 11.6 Å². The SMILES string of the molecule is Cc1nc(N)c(C)c(NCCc2ccc(Br)s2)n1. The molecule has 0 spiro atoms. The third-order valence-electron chi connectivity index (χ3n) is 2.59. The van der Waals surface area contributed by atoms with Crippen LogP contribution < -0.4 is 11.1 Å². The van der Waals surface area contributed by atoms with Crippen LogP contribution in [0.4, 0.5) is 11.6 Å². The molecule has 0 saturated carbocycles. The van der Waals surface area contributed by atoms with Gasteiger partial charge in [0.2, 0.25) is 0 Å². The molecule has 0 unspecified atom stereocenters. The average Bonchev–Trinajstić information content (AvgIpc) is 2.71. The lowest BCUT2D eigenvalue weighted by Gasteiger charge is -2.10. The summed E-state index contributed by atoms with van der Waals surface area (Å²) in [5, 5.41) is 3.31. The van der Waals surface area contributed by atoms with Crippen molar-refractivity contribution in [3.8, 4) is 0 Å². The van der Waals surface area contributed by atoms with Crippen molar-refractivity contribution in [3.05, 3.63) is 32.2 Å². The molecular weight excluding hydrogens is 312 g/mol. The maximum atomic E-state index is 5.81. The number of nitrogen functional groups attached to an aromatic ring is 1. The smallest absolute Gasteiger partial charge is 0.134 e. The third-order valence-corrected chi connectivity index (χ3v) is 4.27. The molecule has 0 aliphatic carbocycles. The quantitative estimate of drug-likeness (QED) is 0.905. The van der Waals surface area contributed by atoms with Crippen molar-refractivity contribution < 1.29 is 0 Å². The van der Waals surface area contributed by atoms with E-state index in [-0.39, 0.29) is 0 Å². The van der Waals surface area contributed by atoms with Crippen LogP contribution in [0.1, 0.15) is 16.3 Å². The number of aryl methyl sites for hydroxylation is 1. The molecule has 0 aliphatic heterocycles. The van der Waals surface area contributed by atoms with Crippen LogP contribution >= 0.6 is 27.3 Å². The van der Waals surface area contributed by atoms with Crippen LogP contribution in [0.2, 0.25) is 0 Å². The maximum absolute atomic E-state index is 5.81. The second-order valence-electron chi connectivity index (χ2n) is 4.01. The Morgan fingerprint density at radius 1 is 1.33 bits per heavy atom. The van der Waals surface area contributed by atoms with Gasteiger partial charge < -0.3 is 11.1 Å². The Morgan fingerprint density at radius 3 is 2.78 bits per heavy atom. The summed E-state index contributed by atoms with van der Waals surface area (Å²) in [6.45, 7) is 4.61. The van der Waals surface area contributed by atoms with Gasteiger partial charge in [-0.05, 0) is 48.3 Å². The fourth-order valence-electron chi connectivity index (χ4n) is 1.61. The lowest BCUT2D eigenvalue weighted by Crippen LogP contribution is -2.10. The minimum Gasteiger partial charge on any atom is -0.383 e. The van der Waals surface area contributed by atoms with E-state index < -0.39 is 0 Å². The van der Waals surface area contributed by atoms with Gasteiger partial charge in [-0.3, -0.25) is 0 Å². The van der Waals surface area contributed by atoms with E-state index in [2.05, 4.69) is 43.3 Å². The largest absolute Gasteiger partial charge is 0.383 e. The van der Waals surface area contributed by atoms with Crippen molar-refractivity contribution in [1.29, 1.82) is 0 Å². The summed E-state index contributed by atoms with van der Waals surface area (Å²) in [6, 6.07) is 4.20. The fraction of sp³-hybridized carbons (Fsp3) is 0.333. The lowest BCUT2D eigenvalue weighted by atomic mass is 10.3. The van der Waals surface area contributed by atoms with Crippen LogP contribution in [0.15, 0.2) is 15.9 Å². The van der Waals surface area contributed by atoms with E-state index in [0.717, 1.165) is 28.1 Å². The van der Waals surface area contributed by atoms with Gasteiger partial charge in [0.25, 0.3) is 0 Å². The topological polar surface area (TPSA) is 63.8 Å². The molecule has 0 aliphatic rings. The number of hydrogen-bond donors (Lipinski definition) is 2. The summed E-state index contributed by atoms with van der Waals surface area (Å²) in [6.07, 6.45) is 0.971. The zero-order chi connectivity index (χ0) is 13.1. The molecule has 0 atom stereocenters. The predicted octanol–water partition coefficient (Wildman–Crippen LogP) is 3.15. The molecule has 6 heteroatoms. The first-order valence-electron chi connectivity index (χ1n) is 5.65. The minimum atomic E-state index is 0.545. The molecule has 18 heavy (non-hydrogen) atoms. The highest BCUT2D eigenvalue weighted by molar-refractivity contribution is 9.11. The first-order valence-corrected chi connectivity index (χ1v) is 7.26. The first kappa shape index (κ1) is 13.3. The molecule has 0 aromatic carbocycles. The molecule has 3 N–H and O–H groups in total. The molecule has 0 fully saturated rings. The Kier molecular flexibility index (Phi) is 4.19. The van der Waals surface area contributed by atoms with Gasteiger partial charge in [-0.2, -0.15) is 0 Å². The van der Waals surface area contributed by atoms with Crippen LogP contribution in [0.5, 0.6) is 0 Å². The highest BCUT2D eigenvalue weighted by Gasteiger charge is 2.06. The van der Waals surface area contributed by atoms with Crippen LogP contribution in [0.3, 0.4) is 0 Å². The number of nitrogens with one attached hydrogen (secondary N) is 1. The average molecular weight is 327 g/mol. The molecule has 2 rings (SSSR count). The number of hydrogen-bond acceptors (Lipinski definition) is 5. The van der Waals surface area contributed by atoms with Gasteiger partial charge in [0.05, 0.1) is 3.79 Å². The molecule has 0 saturated heterocycles. The molecule has 0 radical (unpaired) electrons. The van der Waals surface area contributed by atoms with Crippen molar-refractivity contribution in [3.63, 3.8) is 0 Å². The van der Waals surface area contributed by atoms with Crippen molar-refractivity contribution in [1.82, 2.24) is 9.97 Å². The fourth-order valence-corrected chi connectivity index (χ4v) is 3.10. The van der Waals surface area contributed by atoms with Crippen molar-refractivity contribution in [2.24, 2.45) is 0 Å². The van der Waals surface area contributed by atoms with Crippen LogP contribution in [0.25, 0.3) is 0 Å². The van der Waals surface area contributed by atoms with E-state index in [9.17, 15) is 0 Å². The summed E-state index contributed by atoms with van der Waals surface area (Å²) < 4.78 is 1.16. The van der Waals surface area contributed by atoms with E-state index in [1.54, 1.807) is 11.3 Å². The van der Waals surface area contributed by atoms with E-state index in [4.69, 9.17) is 5.73 Å². The second-order valence-corrected chi connectivity index (χ2v) is 6.56. The number of nitrogens with two attached hydrogens (primary N) is 1. The van der Waals surface area contributed by atoms with E-state index >= 15 is 0 Å². The first-order chi connectivity index (χ1) is 8.56. The summed E-state index contributed by atoms with van der Waals surface area (Å²) in [7, 11) is 0. The third kappa shape index (κ3) is 3.20. The van der Waals surface area contributed by atoms with Crippen LogP contribution in [-0.4, -0.2) is 16.5 Å². The van der Waals surface area contributed by atoms with Crippen molar-refractivity contribution in [2.75, 3.05) is 17.6 Å². The van der Waals surface area contributed by atoms with Crippen molar-refractivity contribution >= 4 is 38.9 Å². The zero-order valence-electron chi connectivity index (χ0n) is 10.3. The zero-order valence-corrected chi connectivity index (χ0v) is 12.7. The highest BCUT2D eigenvalue weighted by atomic mass is 79.9.